The predicted molar refractivity (Wildman–Crippen MR) is 286 cm³/mol. The van der Waals surface area contributed by atoms with E-state index in [1.807, 2.05) is 33.3 Å². The Morgan fingerprint density at radius 2 is 0.881 bits per heavy atom. The first kappa shape index (κ1) is 65.5. The maximum atomic E-state index is 13.5. The Morgan fingerprint density at radius 1 is 0.507 bits per heavy atom. The molecule has 0 heterocycles. The smallest absolute Gasteiger partial charge is 0.456 e. The van der Waals surface area contributed by atoms with Gasteiger partial charge in [-0.15, -0.1) is 0 Å². The van der Waals surface area contributed by atoms with E-state index >= 15 is 0 Å². The zero-order valence-corrected chi connectivity index (χ0v) is 46.1. The summed E-state index contributed by atoms with van der Waals surface area (Å²) < 4.78 is 30.5. The van der Waals surface area contributed by atoms with E-state index in [1.54, 1.807) is 0 Å². The van der Waals surface area contributed by atoms with E-state index in [0.29, 0.717) is 17.4 Å². The van der Waals surface area contributed by atoms with Gasteiger partial charge in [-0.1, -0.05) is 238 Å². The van der Waals surface area contributed by atoms with E-state index in [2.05, 4.69) is 38.2 Å². The summed E-state index contributed by atoms with van der Waals surface area (Å²) in [7, 11) is 1.50. The lowest BCUT2D eigenvalue weighted by atomic mass is 10.0. The summed E-state index contributed by atoms with van der Waals surface area (Å²) in [6.45, 7) is 6.99. The fraction of sp³-hybridized carbons (Fsp3) is 0.895. The summed E-state index contributed by atoms with van der Waals surface area (Å²) in [6.07, 6.45) is 54.6. The van der Waals surface area contributed by atoms with Gasteiger partial charge in [-0.25, -0.2) is 4.57 Å². The van der Waals surface area contributed by atoms with Crippen LogP contribution in [0.5, 0.6) is 0 Å². The molecule has 0 bridgehead atoms. The molecule has 0 aliphatic heterocycles. The van der Waals surface area contributed by atoms with Gasteiger partial charge < -0.3 is 19.4 Å². The number of quaternary nitrogens is 1. The third-order valence-electron chi connectivity index (χ3n) is 12.9. The Balaban J connectivity index is 5.21. The standard InChI is InChI=1S/C57H111N2O7P/c1-7-10-13-16-19-22-25-26-27-28-29-30-31-32-35-37-40-43-46-49-56(60)58-54(53-65-67(62,63)64-52-51-59(4,5)6)55(48-45-42-39-36-33-23-20-17-14-11-8-2)66-57(61)50-47-44-41-38-34-24-21-18-15-12-9-3/h18,21,45,48,54-55H,7-17,19-20,22-44,46-47,49-53H2,1-6H3,(H-,58,60,62,63)/p+1/b21-18-,48-45+. The van der Waals surface area contributed by atoms with Crippen LogP contribution in [0.2, 0.25) is 0 Å². The first-order chi connectivity index (χ1) is 32.4. The van der Waals surface area contributed by atoms with Crippen molar-refractivity contribution in [2.45, 2.75) is 290 Å². The number of nitrogens with zero attached hydrogens (tertiary/aromatic N) is 1. The highest BCUT2D eigenvalue weighted by Crippen LogP contribution is 2.43. The summed E-state index contributed by atoms with van der Waals surface area (Å²) in [5.74, 6) is -0.506. The van der Waals surface area contributed by atoms with Gasteiger partial charge in [0.25, 0.3) is 0 Å². The maximum Gasteiger partial charge on any atom is 0.472 e. The van der Waals surface area contributed by atoms with Crippen LogP contribution in [0.1, 0.15) is 278 Å². The Kier molecular flexibility index (Phi) is 47.0. The Bertz CT molecular complexity index is 1210. The van der Waals surface area contributed by atoms with Crippen LogP contribution in [0.3, 0.4) is 0 Å². The van der Waals surface area contributed by atoms with Crippen LogP contribution in [0.15, 0.2) is 24.3 Å². The molecule has 0 saturated heterocycles. The lowest BCUT2D eigenvalue weighted by molar-refractivity contribution is -0.870. The molecule has 3 unspecified atom stereocenters. The fourth-order valence-electron chi connectivity index (χ4n) is 8.39. The van der Waals surface area contributed by atoms with E-state index in [-0.39, 0.29) is 31.5 Å². The molecule has 0 aromatic carbocycles. The minimum absolute atomic E-state index is 0.0421. The van der Waals surface area contributed by atoms with E-state index < -0.39 is 20.0 Å². The van der Waals surface area contributed by atoms with Crippen LogP contribution in [0.4, 0.5) is 0 Å². The van der Waals surface area contributed by atoms with Gasteiger partial charge >= 0.3 is 13.8 Å². The van der Waals surface area contributed by atoms with Crippen molar-refractivity contribution in [1.29, 1.82) is 0 Å². The second-order valence-corrected chi connectivity index (χ2v) is 22.3. The van der Waals surface area contributed by atoms with Crippen molar-refractivity contribution in [3.8, 4) is 0 Å². The zero-order valence-electron chi connectivity index (χ0n) is 45.2. The van der Waals surface area contributed by atoms with Crippen LogP contribution < -0.4 is 5.32 Å². The number of hydrogen-bond donors (Lipinski definition) is 2. The van der Waals surface area contributed by atoms with Crippen molar-refractivity contribution in [3.63, 3.8) is 0 Å². The van der Waals surface area contributed by atoms with Crippen molar-refractivity contribution in [2.24, 2.45) is 0 Å². The number of allylic oxidation sites excluding steroid dienone is 3. The predicted octanol–water partition coefficient (Wildman–Crippen LogP) is 17.0. The molecule has 9 nitrogen and oxygen atoms in total. The van der Waals surface area contributed by atoms with Gasteiger partial charge in [-0.05, 0) is 51.0 Å². The highest BCUT2D eigenvalue weighted by molar-refractivity contribution is 7.47. The van der Waals surface area contributed by atoms with E-state index in [4.69, 9.17) is 13.8 Å². The van der Waals surface area contributed by atoms with Crippen LogP contribution in [0.25, 0.3) is 0 Å². The quantitative estimate of drug-likeness (QED) is 0.0205. The van der Waals surface area contributed by atoms with Gasteiger partial charge in [0.2, 0.25) is 5.91 Å². The van der Waals surface area contributed by atoms with Gasteiger partial charge in [-0.3, -0.25) is 18.6 Å². The van der Waals surface area contributed by atoms with Crippen molar-refractivity contribution in [3.05, 3.63) is 24.3 Å². The molecule has 2 N–H and O–H groups in total. The minimum Gasteiger partial charge on any atom is -0.456 e. The maximum absolute atomic E-state index is 13.5. The average Bonchev–Trinajstić information content (AvgIpc) is 3.28. The lowest BCUT2D eigenvalue weighted by Crippen LogP contribution is -2.47. The number of hydrogen-bond acceptors (Lipinski definition) is 6. The number of nitrogens with one attached hydrogen (secondary N) is 1. The van der Waals surface area contributed by atoms with E-state index in [0.717, 1.165) is 83.5 Å². The number of likely N-dealkylation sites (N-methyl/N-ethyl adjacent to an activating group) is 1. The number of carbonyl (C=O) groups is 2. The molecule has 0 radical (unpaired) electrons. The van der Waals surface area contributed by atoms with Gasteiger partial charge in [-0.2, -0.15) is 0 Å². The monoisotopic (exact) mass is 968 g/mol. The number of ether oxygens (including phenoxy) is 1. The number of esters is 1. The first-order valence-corrected chi connectivity index (χ1v) is 30.2. The van der Waals surface area contributed by atoms with Crippen molar-refractivity contribution in [2.75, 3.05) is 40.9 Å². The Labute approximate surface area is 415 Å². The lowest BCUT2D eigenvalue weighted by Gasteiger charge is -2.27. The molecule has 0 aromatic heterocycles. The van der Waals surface area contributed by atoms with Gasteiger partial charge in [0, 0.05) is 12.8 Å². The average molecular weight is 969 g/mol. The molecule has 0 fully saturated rings. The normalized spacial score (nSPS) is 14.0. The largest absolute Gasteiger partial charge is 0.472 e. The molecule has 0 saturated carbocycles. The molecule has 0 aliphatic rings. The van der Waals surface area contributed by atoms with Gasteiger partial charge in [0.05, 0.1) is 33.8 Å². The second-order valence-electron chi connectivity index (χ2n) is 20.8. The molecule has 10 heteroatoms. The summed E-state index contributed by atoms with van der Waals surface area (Å²) in [4.78, 5) is 37.5. The Morgan fingerprint density at radius 3 is 1.31 bits per heavy atom. The number of rotatable bonds is 52. The molecule has 1 amide bonds. The van der Waals surface area contributed by atoms with Crippen molar-refractivity contribution < 1.29 is 37.3 Å². The summed E-state index contributed by atoms with van der Waals surface area (Å²) in [6, 6.07) is -0.844. The SMILES string of the molecule is CCCC/C=C\CCCCCCCC(=O)OC(/C=C/CCCCCCCCCCC)C(COP(=O)(O)OCC[N+](C)(C)C)NC(=O)CCCCCCCCCCCCCCCCCCCCC. The highest BCUT2D eigenvalue weighted by atomic mass is 31.2. The third kappa shape index (κ3) is 49.3. The van der Waals surface area contributed by atoms with Crippen LogP contribution >= 0.6 is 7.82 Å². The van der Waals surface area contributed by atoms with E-state index in [1.165, 1.54) is 161 Å². The molecule has 396 valence electrons. The molecule has 3 atom stereocenters. The highest BCUT2D eigenvalue weighted by Gasteiger charge is 2.30. The molecule has 67 heavy (non-hydrogen) atoms. The Hall–Kier alpha value is -1.51. The third-order valence-corrected chi connectivity index (χ3v) is 13.9. The minimum atomic E-state index is -4.44. The summed E-state index contributed by atoms with van der Waals surface area (Å²) in [5, 5.41) is 3.05. The molecular formula is C57H112N2O7P+. The second kappa shape index (κ2) is 48.1. The number of phosphoric ester groups is 1. The number of carbonyl (C=O) groups excluding carboxylic acids is 2. The molecule has 0 aliphatic carbocycles. The number of amides is 1. The van der Waals surface area contributed by atoms with Gasteiger partial charge in [0.1, 0.15) is 19.3 Å². The van der Waals surface area contributed by atoms with Crippen LogP contribution in [-0.4, -0.2) is 74.3 Å². The van der Waals surface area contributed by atoms with E-state index in [9.17, 15) is 19.0 Å². The topological polar surface area (TPSA) is 111 Å². The summed E-state index contributed by atoms with van der Waals surface area (Å²) in [5.41, 5.74) is 0. The number of phosphoric acid groups is 1. The molecule has 0 spiro atoms. The fourth-order valence-corrected chi connectivity index (χ4v) is 9.13. The first-order valence-electron chi connectivity index (χ1n) is 28.7. The van der Waals surface area contributed by atoms with Gasteiger partial charge in [0.15, 0.2) is 0 Å². The van der Waals surface area contributed by atoms with Crippen molar-refractivity contribution in [1.82, 2.24) is 5.32 Å². The van der Waals surface area contributed by atoms with Crippen molar-refractivity contribution >= 4 is 19.7 Å². The molecular weight excluding hydrogens is 856 g/mol. The molecule has 0 aromatic rings. The van der Waals surface area contributed by atoms with Crippen LogP contribution in [0, 0.1) is 0 Å². The zero-order chi connectivity index (χ0) is 49.4. The summed E-state index contributed by atoms with van der Waals surface area (Å²) >= 11 is 0. The van der Waals surface area contributed by atoms with Crippen LogP contribution in [-0.2, 0) is 27.9 Å². The molecule has 0 rings (SSSR count). The number of unbranched alkanes of at least 4 members (excludes halogenated alkanes) is 34.